The summed E-state index contributed by atoms with van der Waals surface area (Å²) in [5.74, 6) is -3.71. The number of nitrogens with zero attached hydrogens (tertiary/aromatic N) is 3. The van der Waals surface area contributed by atoms with Crippen molar-refractivity contribution >= 4 is 44.9 Å². The van der Waals surface area contributed by atoms with Crippen molar-refractivity contribution in [3.63, 3.8) is 0 Å². The fraction of sp³-hybridized carbons (Fsp3) is 0.130. The molecule has 0 radical (unpaired) electrons. The van der Waals surface area contributed by atoms with Gasteiger partial charge >= 0.3 is 6.18 Å². The number of anilines is 3. The molecule has 0 spiro atoms. The Labute approximate surface area is 228 Å². The zero-order valence-electron chi connectivity index (χ0n) is 20.0. The highest BCUT2D eigenvalue weighted by Gasteiger charge is 2.35. The van der Waals surface area contributed by atoms with Gasteiger partial charge in [0.05, 0.1) is 16.9 Å². The second-order valence-electron chi connectivity index (χ2n) is 8.13. The van der Waals surface area contributed by atoms with Gasteiger partial charge < -0.3 is 15.8 Å². The third kappa shape index (κ3) is 7.15. The number of hydrogen-bond donors (Lipinski definition) is 4. The minimum Gasteiger partial charge on any atom is -0.487 e. The second-order valence-corrected chi connectivity index (χ2v) is 10.3. The molecule has 0 aliphatic rings. The average molecular weight is 600 g/mol. The van der Waals surface area contributed by atoms with Gasteiger partial charge in [-0.2, -0.15) is 18.3 Å². The Morgan fingerprint density at radius 1 is 1.15 bits per heavy atom. The van der Waals surface area contributed by atoms with E-state index in [4.69, 9.17) is 22.1 Å². The van der Waals surface area contributed by atoms with Crippen LogP contribution < -0.4 is 20.5 Å². The van der Waals surface area contributed by atoms with E-state index in [0.717, 1.165) is 12.1 Å². The number of alkyl halides is 3. The molecule has 0 bridgehead atoms. The van der Waals surface area contributed by atoms with Crippen LogP contribution in [0.5, 0.6) is 5.75 Å². The molecule has 40 heavy (non-hydrogen) atoms. The number of halogens is 5. The van der Waals surface area contributed by atoms with Crippen LogP contribution in [0.1, 0.15) is 15.9 Å². The van der Waals surface area contributed by atoms with E-state index in [9.17, 15) is 30.8 Å². The maximum absolute atomic E-state index is 13.9. The van der Waals surface area contributed by atoms with Crippen LogP contribution in [0.3, 0.4) is 0 Å². The number of benzene rings is 2. The number of hydrogen-bond acceptors (Lipinski definition) is 8. The van der Waals surface area contributed by atoms with Crippen LogP contribution in [0, 0.1) is 5.82 Å². The maximum atomic E-state index is 13.9. The van der Waals surface area contributed by atoms with Crippen molar-refractivity contribution in [1.29, 1.82) is 0 Å². The van der Waals surface area contributed by atoms with Crippen LogP contribution in [-0.4, -0.2) is 46.4 Å². The molecule has 2 heterocycles. The molecule has 2 aromatic heterocycles. The van der Waals surface area contributed by atoms with Crippen LogP contribution in [0.4, 0.5) is 34.9 Å². The lowest BCUT2D eigenvalue weighted by Gasteiger charge is -2.16. The third-order valence-corrected chi connectivity index (χ3v) is 6.63. The molecule has 0 saturated heterocycles. The van der Waals surface area contributed by atoms with E-state index in [2.05, 4.69) is 25.5 Å². The van der Waals surface area contributed by atoms with Gasteiger partial charge in [-0.15, -0.1) is 0 Å². The third-order valence-electron chi connectivity index (χ3n) is 5.08. The number of aromatic amines is 1. The van der Waals surface area contributed by atoms with Crippen molar-refractivity contribution in [1.82, 2.24) is 20.2 Å². The minimum absolute atomic E-state index is 0.00553. The average Bonchev–Trinajstić information content (AvgIpc) is 3.28. The number of amides is 1. The molecule has 0 atom stereocenters. The Kier molecular flexibility index (Phi) is 8.11. The van der Waals surface area contributed by atoms with Gasteiger partial charge in [0.2, 0.25) is 10.0 Å². The van der Waals surface area contributed by atoms with E-state index in [-0.39, 0.29) is 57.1 Å². The smallest absolute Gasteiger partial charge is 0.404 e. The number of primary amides is 1. The van der Waals surface area contributed by atoms with Crippen LogP contribution in [0.15, 0.2) is 55.0 Å². The summed E-state index contributed by atoms with van der Waals surface area (Å²) in [7, 11) is -4.89. The number of carbonyl (C=O) groups is 1. The summed E-state index contributed by atoms with van der Waals surface area (Å²) in [5.41, 5.74) is 5.57. The summed E-state index contributed by atoms with van der Waals surface area (Å²) in [6.45, 7) is -0.325. The standard InChI is InChI=1S/C23H18ClF4N7O4S/c24-14-3-1-12(7-15(14)25)10-39-17-8-13(2-4-16(17)35-40(37,38)11-23(26,27)28)20-19(21(29)36)22(34-33-20)32-18-9-30-5-6-31-18/h1-9,35H,10-11H2,(H2,29,36)(H2,31,32,33,34). The Morgan fingerprint density at radius 3 is 2.58 bits per heavy atom. The zero-order chi connectivity index (χ0) is 29.1. The largest absolute Gasteiger partial charge is 0.487 e. The summed E-state index contributed by atoms with van der Waals surface area (Å²) < 4.78 is 84.0. The minimum atomic E-state index is -5.01. The van der Waals surface area contributed by atoms with Crippen molar-refractivity contribution in [3.05, 3.63) is 77.0 Å². The van der Waals surface area contributed by atoms with Crippen molar-refractivity contribution < 1.29 is 35.5 Å². The highest BCUT2D eigenvalue weighted by molar-refractivity contribution is 7.92. The van der Waals surface area contributed by atoms with E-state index >= 15 is 0 Å². The Morgan fingerprint density at radius 2 is 1.93 bits per heavy atom. The van der Waals surface area contributed by atoms with Crippen molar-refractivity contribution in [2.24, 2.45) is 5.73 Å². The molecule has 1 amide bonds. The quantitative estimate of drug-likeness (QED) is 0.195. The van der Waals surface area contributed by atoms with Gasteiger partial charge in [-0.3, -0.25) is 19.6 Å². The molecule has 0 aliphatic carbocycles. The molecule has 2 aromatic carbocycles. The highest BCUT2D eigenvalue weighted by atomic mass is 35.5. The maximum Gasteiger partial charge on any atom is 0.404 e. The molecule has 210 valence electrons. The SMILES string of the molecule is NC(=O)c1c(-c2ccc(NS(=O)(=O)CC(F)(F)F)c(OCc3ccc(Cl)c(F)c3)c2)n[nH]c1Nc1cnccn1. The van der Waals surface area contributed by atoms with E-state index in [1.54, 1.807) is 0 Å². The van der Waals surface area contributed by atoms with Crippen molar-refractivity contribution in [2.75, 3.05) is 15.8 Å². The molecular weight excluding hydrogens is 582 g/mol. The predicted octanol–water partition coefficient (Wildman–Crippen LogP) is 4.38. The lowest BCUT2D eigenvalue weighted by molar-refractivity contribution is -0.106. The normalized spacial score (nSPS) is 11.7. The molecule has 0 saturated carbocycles. The lowest BCUT2D eigenvalue weighted by Crippen LogP contribution is -2.28. The zero-order valence-corrected chi connectivity index (χ0v) is 21.5. The first kappa shape index (κ1) is 28.6. The molecule has 4 rings (SSSR count). The number of ether oxygens (including phenoxy) is 1. The second kappa shape index (κ2) is 11.4. The molecule has 0 unspecified atom stereocenters. The molecule has 11 nitrogen and oxygen atoms in total. The molecule has 0 fully saturated rings. The number of H-pyrrole nitrogens is 1. The van der Waals surface area contributed by atoms with Gasteiger partial charge in [0.25, 0.3) is 5.91 Å². The van der Waals surface area contributed by atoms with Gasteiger partial charge in [0.1, 0.15) is 41.1 Å². The van der Waals surface area contributed by atoms with E-state index < -0.39 is 33.7 Å². The Bertz CT molecular complexity index is 1650. The summed E-state index contributed by atoms with van der Waals surface area (Å²) in [5, 5.41) is 9.37. The number of nitrogens with one attached hydrogen (secondary N) is 3. The van der Waals surface area contributed by atoms with Crippen LogP contribution in [0.2, 0.25) is 5.02 Å². The monoisotopic (exact) mass is 599 g/mol. The van der Waals surface area contributed by atoms with Gasteiger partial charge in [0.15, 0.2) is 5.75 Å². The Balaban J connectivity index is 1.72. The first-order valence-electron chi connectivity index (χ1n) is 11.0. The summed E-state index contributed by atoms with van der Waals surface area (Å²) in [6.07, 6.45) is -0.800. The fourth-order valence-electron chi connectivity index (χ4n) is 3.46. The molecule has 0 aliphatic heterocycles. The molecule has 5 N–H and O–H groups in total. The molecule has 4 aromatic rings. The van der Waals surface area contributed by atoms with Crippen LogP contribution in [0.25, 0.3) is 11.3 Å². The van der Waals surface area contributed by atoms with E-state index in [1.807, 2.05) is 4.72 Å². The summed E-state index contributed by atoms with van der Waals surface area (Å²) in [4.78, 5) is 20.3. The number of sulfonamides is 1. The topological polar surface area (TPSA) is 165 Å². The van der Waals surface area contributed by atoms with E-state index in [1.165, 1.54) is 42.9 Å². The van der Waals surface area contributed by atoms with Gasteiger partial charge in [-0.05, 0) is 29.8 Å². The van der Waals surface area contributed by atoms with Crippen molar-refractivity contribution in [2.45, 2.75) is 12.8 Å². The molecule has 17 heteroatoms. The number of aromatic nitrogens is 4. The van der Waals surface area contributed by atoms with Gasteiger partial charge in [-0.25, -0.2) is 17.8 Å². The lowest BCUT2D eigenvalue weighted by atomic mass is 10.1. The van der Waals surface area contributed by atoms with Crippen molar-refractivity contribution in [3.8, 4) is 17.0 Å². The summed E-state index contributed by atoms with van der Waals surface area (Å²) in [6, 6.07) is 7.42. The van der Waals surface area contributed by atoms with Crippen LogP contribution >= 0.6 is 11.6 Å². The predicted molar refractivity (Wildman–Crippen MR) is 137 cm³/mol. The summed E-state index contributed by atoms with van der Waals surface area (Å²) >= 11 is 5.69. The van der Waals surface area contributed by atoms with Gasteiger partial charge in [0, 0.05) is 18.0 Å². The first-order chi connectivity index (χ1) is 18.8. The number of carbonyl (C=O) groups excluding carboxylic acids is 1. The number of nitrogens with two attached hydrogens (primary N) is 1. The fourth-order valence-corrected chi connectivity index (χ4v) is 4.58. The first-order valence-corrected chi connectivity index (χ1v) is 13.0. The van der Waals surface area contributed by atoms with E-state index in [0.29, 0.717) is 0 Å². The molecular formula is C23H18ClF4N7O4S. The number of rotatable bonds is 10. The highest BCUT2D eigenvalue weighted by Crippen LogP contribution is 2.35. The van der Waals surface area contributed by atoms with Gasteiger partial charge in [-0.1, -0.05) is 23.7 Å². The Hall–Kier alpha value is -4.44. The van der Waals surface area contributed by atoms with Crippen LogP contribution in [-0.2, 0) is 16.6 Å².